The van der Waals surface area contributed by atoms with E-state index in [0.717, 1.165) is 30.7 Å². The van der Waals surface area contributed by atoms with E-state index in [4.69, 9.17) is 5.73 Å². The van der Waals surface area contributed by atoms with Gasteiger partial charge in [0.15, 0.2) is 0 Å². The Labute approximate surface area is 58.8 Å². The average Bonchev–Trinajstić information content (AvgIpc) is 2.33. The molecule has 4 heteroatoms. The molecule has 0 aromatic carbocycles. The van der Waals surface area contributed by atoms with E-state index in [-0.39, 0.29) is 6.04 Å². The maximum Gasteiger partial charge on any atom is 0.0872 e. The zero-order valence-electron chi connectivity index (χ0n) is 5.67. The Hall–Kier alpha value is -0.900. The molecule has 0 fully saturated rings. The fraction of sp³-hybridized carbons (Fsp3) is 0.667. The first kappa shape index (κ1) is 5.85. The van der Waals surface area contributed by atoms with Crippen LogP contribution < -0.4 is 5.73 Å². The number of hydrogen-bond donors (Lipinski definition) is 2. The van der Waals surface area contributed by atoms with Crippen LogP contribution in [-0.4, -0.2) is 21.5 Å². The molecular formula is C6H10N4. The van der Waals surface area contributed by atoms with Crippen LogP contribution in [0.25, 0.3) is 0 Å². The molecule has 0 radical (unpaired) electrons. The van der Waals surface area contributed by atoms with E-state index >= 15 is 0 Å². The zero-order valence-corrected chi connectivity index (χ0v) is 5.67. The Bertz CT molecular complexity index is 229. The summed E-state index contributed by atoms with van der Waals surface area (Å²) in [5, 5.41) is 10.6. The molecule has 1 heterocycles. The van der Waals surface area contributed by atoms with Crippen LogP contribution in [0.5, 0.6) is 0 Å². The van der Waals surface area contributed by atoms with Crippen molar-refractivity contribution in [3.05, 3.63) is 11.4 Å². The molecule has 0 amide bonds. The smallest absolute Gasteiger partial charge is 0.0872 e. The van der Waals surface area contributed by atoms with E-state index in [2.05, 4.69) is 15.4 Å². The quantitative estimate of drug-likeness (QED) is 0.513. The highest BCUT2D eigenvalue weighted by atomic mass is 15.3. The minimum absolute atomic E-state index is 0.289. The molecule has 0 aliphatic heterocycles. The summed E-state index contributed by atoms with van der Waals surface area (Å²) in [7, 11) is 0. The Morgan fingerprint density at radius 1 is 1.40 bits per heavy atom. The van der Waals surface area contributed by atoms with Gasteiger partial charge in [-0.25, -0.2) is 0 Å². The van der Waals surface area contributed by atoms with Gasteiger partial charge in [0.25, 0.3) is 0 Å². The lowest BCUT2D eigenvalue weighted by Gasteiger charge is -2.14. The van der Waals surface area contributed by atoms with Crippen LogP contribution in [0.4, 0.5) is 0 Å². The minimum atomic E-state index is 0.289. The maximum absolute atomic E-state index is 5.73. The van der Waals surface area contributed by atoms with Crippen LogP contribution in [0.1, 0.15) is 17.8 Å². The third-order valence-corrected chi connectivity index (χ3v) is 1.91. The third-order valence-electron chi connectivity index (χ3n) is 1.91. The molecule has 1 unspecified atom stereocenters. The molecule has 4 nitrogen and oxygen atoms in total. The molecule has 3 N–H and O–H groups in total. The second kappa shape index (κ2) is 2.05. The van der Waals surface area contributed by atoms with Crippen molar-refractivity contribution in [2.75, 3.05) is 0 Å². The van der Waals surface area contributed by atoms with Crippen LogP contribution in [0.15, 0.2) is 0 Å². The first-order valence-corrected chi connectivity index (χ1v) is 3.50. The summed E-state index contributed by atoms with van der Waals surface area (Å²) in [5.74, 6) is 0. The minimum Gasteiger partial charge on any atom is -0.327 e. The Balaban J connectivity index is 2.30. The standard InChI is InChI=1S/C6H10N4/c7-4-1-2-5-6(3-4)9-10-8-5/h4H,1-3,7H2,(H,8,9,10). The number of rotatable bonds is 0. The van der Waals surface area contributed by atoms with Crippen molar-refractivity contribution in [3.63, 3.8) is 0 Å². The predicted octanol–water partition coefficient (Wildman–Crippen LogP) is -0.379. The van der Waals surface area contributed by atoms with E-state index in [1.165, 1.54) is 0 Å². The number of hydrogen-bond acceptors (Lipinski definition) is 3. The monoisotopic (exact) mass is 138 g/mol. The summed E-state index contributed by atoms with van der Waals surface area (Å²) in [5.41, 5.74) is 7.88. The molecule has 0 bridgehead atoms. The normalized spacial score (nSPS) is 24.3. The molecule has 1 atom stereocenters. The molecule has 1 aliphatic carbocycles. The lowest BCUT2D eigenvalue weighted by Crippen LogP contribution is -2.27. The fourth-order valence-corrected chi connectivity index (χ4v) is 1.31. The van der Waals surface area contributed by atoms with E-state index in [0.29, 0.717) is 0 Å². The number of nitrogens with one attached hydrogen (secondary N) is 1. The topological polar surface area (TPSA) is 67.6 Å². The van der Waals surface area contributed by atoms with Gasteiger partial charge in [0.1, 0.15) is 0 Å². The first-order chi connectivity index (χ1) is 4.86. The molecule has 0 saturated carbocycles. The van der Waals surface area contributed by atoms with Crippen LogP contribution in [0.3, 0.4) is 0 Å². The van der Waals surface area contributed by atoms with Crippen molar-refractivity contribution >= 4 is 0 Å². The number of nitrogens with two attached hydrogens (primary N) is 1. The van der Waals surface area contributed by atoms with Crippen molar-refractivity contribution in [1.29, 1.82) is 0 Å². The Kier molecular flexibility index (Phi) is 1.20. The van der Waals surface area contributed by atoms with Crippen LogP contribution in [-0.2, 0) is 12.8 Å². The Morgan fingerprint density at radius 2 is 2.20 bits per heavy atom. The van der Waals surface area contributed by atoms with E-state index < -0.39 is 0 Å². The van der Waals surface area contributed by atoms with E-state index in [1.807, 2.05) is 0 Å². The van der Waals surface area contributed by atoms with E-state index in [9.17, 15) is 0 Å². The number of aromatic amines is 1. The summed E-state index contributed by atoms with van der Waals surface area (Å²) < 4.78 is 0. The molecular weight excluding hydrogens is 128 g/mol. The van der Waals surface area contributed by atoms with E-state index in [1.54, 1.807) is 0 Å². The Morgan fingerprint density at radius 3 is 3.10 bits per heavy atom. The van der Waals surface area contributed by atoms with Gasteiger partial charge >= 0.3 is 0 Å². The third kappa shape index (κ3) is 0.806. The summed E-state index contributed by atoms with van der Waals surface area (Å²) in [4.78, 5) is 0. The zero-order chi connectivity index (χ0) is 6.97. The van der Waals surface area contributed by atoms with Gasteiger partial charge in [-0.05, 0) is 12.8 Å². The van der Waals surface area contributed by atoms with Gasteiger partial charge < -0.3 is 5.73 Å². The lowest BCUT2D eigenvalue weighted by atomic mass is 9.97. The highest BCUT2D eigenvalue weighted by Gasteiger charge is 2.17. The summed E-state index contributed by atoms with van der Waals surface area (Å²) >= 11 is 0. The number of nitrogens with zero attached hydrogens (tertiary/aromatic N) is 2. The number of H-pyrrole nitrogens is 1. The van der Waals surface area contributed by atoms with Crippen molar-refractivity contribution < 1.29 is 0 Å². The van der Waals surface area contributed by atoms with Gasteiger partial charge in [-0.1, -0.05) is 0 Å². The van der Waals surface area contributed by atoms with Gasteiger partial charge in [-0.15, -0.1) is 0 Å². The first-order valence-electron chi connectivity index (χ1n) is 3.50. The van der Waals surface area contributed by atoms with Gasteiger partial charge in [0.2, 0.25) is 0 Å². The molecule has 0 spiro atoms. The summed E-state index contributed by atoms with van der Waals surface area (Å²) in [6.45, 7) is 0. The number of aromatic nitrogens is 3. The molecule has 0 saturated heterocycles. The highest BCUT2D eigenvalue weighted by molar-refractivity contribution is 5.13. The van der Waals surface area contributed by atoms with Crippen molar-refractivity contribution in [1.82, 2.24) is 15.4 Å². The molecule has 1 aromatic heterocycles. The summed E-state index contributed by atoms with van der Waals surface area (Å²) in [6.07, 6.45) is 2.90. The van der Waals surface area contributed by atoms with Gasteiger partial charge in [0.05, 0.1) is 11.4 Å². The van der Waals surface area contributed by atoms with Gasteiger partial charge in [0, 0.05) is 12.5 Å². The highest BCUT2D eigenvalue weighted by Crippen LogP contribution is 2.14. The van der Waals surface area contributed by atoms with Crippen molar-refractivity contribution in [2.45, 2.75) is 25.3 Å². The van der Waals surface area contributed by atoms with Gasteiger partial charge in [-0.2, -0.15) is 15.4 Å². The maximum atomic E-state index is 5.73. The SMILES string of the molecule is NC1CCc2n[nH]nc2C1. The fourth-order valence-electron chi connectivity index (χ4n) is 1.31. The largest absolute Gasteiger partial charge is 0.327 e. The van der Waals surface area contributed by atoms with Crippen molar-refractivity contribution in [2.24, 2.45) is 5.73 Å². The molecule has 1 aromatic rings. The number of fused-ring (bicyclic) bond motifs is 1. The average molecular weight is 138 g/mol. The second-order valence-corrected chi connectivity index (χ2v) is 2.72. The molecule has 2 rings (SSSR count). The predicted molar refractivity (Wildman–Crippen MR) is 36.4 cm³/mol. The van der Waals surface area contributed by atoms with Crippen molar-refractivity contribution in [3.8, 4) is 0 Å². The van der Waals surface area contributed by atoms with Crippen LogP contribution in [0, 0.1) is 0 Å². The second-order valence-electron chi connectivity index (χ2n) is 2.72. The summed E-state index contributed by atoms with van der Waals surface area (Å²) in [6, 6.07) is 0.289. The van der Waals surface area contributed by atoms with Gasteiger partial charge in [-0.3, -0.25) is 0 Å². The van der Waals surface area contributed by atoms with Crippen LogP contribution >= 0.6 is 0 Å². The molecule has 10 heavy (non-hydrogen) atoms. The number of aryl methyl sites for hydroxylation is 1. The van der Waals surface area contributed by atoms with Crippen LogP contribution in [0.2, 0.25) is 0 Å². The lowest BCUT2D eigenvalue weighted by molar-refractivity contribution is 0.565. The molecule has 54 valence electrons. The molecule has 1 aliphatic rings.